The van der Waals surface area contributed by atoms with E-state index in [4.69, 9.17) is 0 Å². The van der Waals surface area contributed by atoms with Gasteiger partial charge in [0, 0.05) is 30.9 Å². The van der Waals surface area contributed by atoms with Crippen LogP contribution in [-0.2, 0) is 12.8 Å². The largest absolute Gasteiger partial charge is 0.133 e. The zero-order valence-corrected chi connectivity index (χ0v) is 36.2. The topological polar surface area (TPSA) is 0 Å². The maximum absolute atomic E-state index is 2.44. The Morgan fingerprint density at radius 2 is 0.732 bits per heavy atom. The number of thiophene rings is 2. The summed E-state index contributed by atoms with van der Waals surface area (Å²) in [5.41, 5.74) is 8.13. The lowest BCUT2D eigenvalue weighted by Crippen LogP contribution is -1.99. The molecule has 8 aromatic rings. The maximum atomic E-state index is 2.44. The van der Waals surface area contributed by atoms with E-state index >= 15 is 0 Å². The Morgan fingerprint density at radius 3 is 1.12 bits per heavy atom. The van der Waals surface area contributed by atoms with Crippen molar-refractivity contribution < 1.29 is 0 Å². The van der Waals surface area contributed by atoms with Crippen LogP contribution in [0.3, 0.4) is 0 Å². The average molecular weight is 773 g/mol. The van der Waals surface area contributed by atoms with Gasteiger partial charge in [-0.2, -0.15) is 0 Å². The predicted molar refractivity (Wildman–Crippen MR) is 253 cm³/mol. The Bertz CT molecular complexity index is 2380. The summed E-state index contributed by atoms with van der Waals surface area (Å²) in [7, 11) is 0. The Morgan fingerprint density at radius 1 is 0.357 bits per heavy atom. The molecule has 0 aliphatic carbocycles. The lowest BCUT2D eigenvalue weighted by atomic mass is 9.93. The van der Waals surface area contributed by atoms with E-state index in [1.165, 1.54) is 149 Å². The molecular weight excluding hydrogens is 713 g/mol. The molecule has 2 atom stereocenters. The maximum Gasteiger partial charge on any atom is 0.0542 e. The molecule has 0 aliphatic rings. The predicted octanol–water partition coefficient (Wildman–Crippen LogP) is 17.7. The van der Waals surface area contributed by atoms with Crippen molar-refractivity contribution in [2.45, 2.75) is 106 Å². The highest BCUT2D eigenvalue weighted by atomic mass is 32.1. The first-order valence-corrected chi connectivity index (χ1v) is 23.3. The SMILES string of the molecule is CC(C)CCCC(C)CCc1ccc(-c2ccc3ccc4c(sc5c6ccc7ccc(-c8ccc(CCC(C)CCCC(C)C)cc8)cc7c6sc45)c3c2)cc1. The van der Waals surface area contributed by atoms with Crippen LogP contribution in [0.5, 0.6) is 0 Å². The normalized spacial score (nSPS) is 13.4. The van der Waals surface area contributed by atoms with E-state index in [1.54, 1.807) is 0 Å². The van der Waals surface area contributed by atoms with Crippen LogP contribution >= 0.6 is 22.7 Å². The molecule has 56 heavy (non-hydrogen) atoms. The van der Waals surface area contributed by atoms with Crippen LogP contribution in [0, 0.1) is 23.7 Å². The van der Waals surface area contributed by atoms with Crippen LogP contribution in [0.15, 0.2) is 109 Å². The molecule has 2 aromatic heterocycles. The Balaban J connectivity index is 1.02. The molecule has 2 heteroatoms. The fourth-order valence-corrected chi connectivity index (χ4v) is 11.7. The summed E-state index contributed by atoms with van der Waals surface area (Å²) in [5.74, 6) is 3.21. The van der Waals surface area contributed by atoms with E-state index in [0.29, 0.717) is 0 Å². The van der Waals surface area contributed by atoms with Gasteiger partial charge in [0.1, 0.15) is 0 Å². The van der Waals surface area contributed by atoms with Crippen LogP contribution in [0.25, 0.3) is 73.4 Å². The molecule has 0 spiro atoms. The van der Waals surface area contributed by atoms with Crippen molar-refractivity contribution in [3.05, 3.63) is 120 Å². The molecule has 0 saturated carbocycles. The monoisotopic (exact) mass is 772 g/mol. The summed E-state index contributed by atoms with van der Waals surface area (Å²) in [6.07, 6.45) is 13.0. The van der Waals surface area contributed by atoms with E-state index in [-0.39, 0.29) is 0 Å². The summed E-state index contributed by atoms with van der Waals surface area (Å²) in [6.45, 7) is 14.2. The van der Waals surface area contributed by atoms with Gasteiger partial charge in [0.05, 0.1) is 9.40 Å². The molecule has 0 aliphatic heterocycles. The first-order valence-electron chi connectivity index (χ1n) is 21.6. The number of hydrogen-bond acceptors (Lipinski definition) is 2. The van der Waals surface area contributed by atoms with Crippen LogP contribution in [-0.4, -0.2) is 0 Å². The highest BCUT2D eigenvalue weighted by Gasteiger charge is 2.17. The van der Waals surface area contributed by atoms with E-state index in [1.807, 2.05) is 22.7 Å². The van der Waals surface area contributed by atoms with Crippen molar-refractivity contribution in [2.24, 2.45) is 23.7 Å². The van der Waals surface area contributed by atoms with Gasteiger partial charge in [-0.05, 0) is 106 Å². The smallest absolute Gasteiger partial charge is 0.0542 e. The second-order valence-electron chi connectivity index (χ2n) is 17.9. The molecule has 0 saturated heterocycles. The summed E-state index contributed by atoms with van der Waals surface area (Å²) >= 11 is 3.97. The molecule has 0 radical (unpaired) electrons. The molecule has 2 heterocycles. The van der Waals surface area contributed by atoms with Gasteiger partial charge in [-0.25, -0.2) is 0 Å². The summed E-state index contributed by atoms with van der Waals surface area (Å²) < 4.78 is 5.68. The molecule has 0 bridgehead atoms. The summed E-state index contributed by atoms with van der Waals surface area (Å²) in [5, 5.41) is 8.16. The number of benzene rings is 6. The van der Waals surface area contributed by atoms with Gasteiger partial charge < -0.3 is 0 Å². The third kappa shape index (κ3) is 8.63. The first-order chi connectivity index (χ1) is 27.2. The van der Waals surface area contributed by atoms with Crippen molar-refractivity contribution in [3.63, 3.8) is 0 Å². The van der Waals surface area contributed by atoms with Crippen LogP contribution < -0.4 is 0 Å². The van der Waals surface area contributed by atoms with Crippen molar-refractivity contribution in [3.8, 4) is 22.3 Å². The molecule has 0 N–H and O–H groups in total. The van der Waals surface area contributed by atoms with Gasteiger partial charge in [-0.3, -0.25) is 0 Å². The number of aryl methyl sites for hydroxylation is 2. The highest BCUT2D eigenvalue weighted by molar-refractivity contribution is 7.37. The van der Waals surface area contributed by atoms with Gasteiger partial charge in [-0.15, -0.1) is 22.7 Å². The average Bonchev–Trinajstić information content (AvgIpc) is 3.76. The Labute approximate surface area is 344 Å². The van der Waals surface area contributed by atoms with Crippen molar-refractivity contribution in [1.82, 2.24) is 0 Å². The quantitative estimate of drug-likeness (QED) is 0.0917. The van der Waals surface area contributed by atoms with Crippen molar-refractivity contribution in [1.29, 1.82) is 0 Å². The number of rotatable bonds is 16. The molecule has 0 amide bonds. The van der Waals surface area contributed by atoms with Gasteiger partial charge in [0.2, 0.25) is 0 Å². The minimum absolute atomic E-state index is 0.793. The molecule has 6 aromatic carbocycles. The minimum atomic E-state index is 0.793. The number of hydrogen-bond donors (Lipinski definition) is 0. The third-order valence-electron chi connectivity index (χ3n) is 12.4. The summed E-state index contributed by atoms with van der Waals surface area (Å²) in [4.78, 5) is 0. The first kappa shape index (κ1) is 38.9. The van der Waals surface area contributed by atoms with Crippen LogP contribution in [0.1, 0.15) is 104 Å². The van der Waals surface area contributed by atoms with Gasteiger partial charge in [-0.1, -0.05) is 177 Å². The summed E-state index contributed by atoms with van der Waals surface area (Å²) in [6, 6.07) is 42.3. The third-order valence-corrected chi connectivity index (χ3v) is 15.1. The molecule has 0 nitrogen and oxygen atoms in total. The molecule has 8 rings (SSSR count). The van der Waals surface area contributed by atoms with Gasteiger partial charge in [0.25, 0.3) is 0 Å². The van der Waals surface area contributed by atoms with Gasteiger partial charge >= 0.3 is 0 Å². The second-order valence-corrected chi connectivity index (χ2v) is 20.0. The zero-order valence-electron chi connectivity index (χ0n) is 34.6. The highest BCUT2D eigenvalue weighted by Crippen LogP contribution is 2.48. The number of fused-ring (bicyclic) bond motifs is 9. The van der Waals surface area contributed by atoms with E-state index in [2.05, 4.69) is 151 Å². The fraction of sp³-hybridized carbons (Fsp3) is 0.370. The molecule has 2 unspecified atom stereocenters. The molecule has 0 fully saturated rings. The van der Waals surface area contributed by atoms with E-state index < -0.39 is 0 Å². The van der Waals surface area contributed by atoms with Crippen LogP contribution in [0.4, 0.5) is 0 Å². The second kappa shape index (κ2) is 17.3. The Kier molecular flexibility index (Phi) is 12.0. The molecular formula is C54H60S2. The van der Waals surface area contributed by atoms with E-state index in [9.17, 15) is 0 Å². The van der Waals surface area contributed by atoms with Crippen molar-refractivity contribution in [2.75, 3.05) is 0 Å². The fourth-order valence-electron chi connectivity index (χ4n) is 8.76. The van der Waals surface area contributed by atoms with Gasteiger partial charge in [0.15, 0.2) is 0 Å². The standard InChI is InChI=1S/C54H60S2/c1-35(2)9-7-11-37(5)13-15-39-17-21-41(22-18-39)45-27-25-43-29-31-47-51(49(43)33-45)55-54-48-32-30-44-26-28-46(34-50(44)52(48)56-53(47)54)42-23-19-40(20-24-42)16-14-38(6)12-8-10-36(3)4/h17-38H,7-16H2,1-6H3. The minimum Gasteiger partial charge on any atom is -0.133 e. The lowest BCUT2D eigenvalue weighted by Gasteiger charge is -2.12. The Hall–Kier alpha value is -3.98. The zero-order chi connectivity index (χ0) is 38.8. The van der Waals surface area contributed by atoms with Crippen LogP contribution in [0.2, 0.25) is 0 Å². The van der Waals surface area contributed by atoms with E-state index in [0.717, 1.165) is 23.7 Å². The molecule has 288 valence electrons. The van der Waals surface area contributed by atoms with Crippen molar-refractivity contribution >= 4 is 73.8 Å². The lowest BCUT2D eigenvalue weighted by molar-refractivity contribution is 0.437.